The number of hydrogen-bond donors (Lipinski definition) is 3. The fourth-order valence-corrected chi connectivity index (χ4v) is 7.42. The second kappa shape index (κ2) is 12.0. The third-order valence-corrected chi connectivity index (χ3v) is 9.94. The molecule has 1 unspecified atom stereocenters. The highest BCUT2D eigenvalue weighted by Gasteiger charge is 2.40. The number of hydrogen-bond acceptors (Lipinski definition) is 8. The van der Waals surface area contributed by atoms with E-state index in [0.717, 1.165) is 19.5 Å². The molecule has 0 spiro atoms. The van der Waals surface area contributed by atoms with Gasteiger partial charge in [0.2, 0.25) is 16.0 Å². The van der Waals surface area contributed by atoms with E-state index in [2.05, 4.69) is 43.7 Å². The van der Waals surface area contributed by atoms with Gasteiger partial charge in [-0.1, -0.05) is 24.3 Å². The number of anilines is 4. The average molecular weight is 603 g/mol. The number of halogens is 1. The summed E-state index contributed by atoms with van der Waals surface area (Å²) in [4.78, 5) is 11.1. The lowest BCUT2D eigenvalue weighted by atomic mass is 9.92. The minimum absolute atomic E-state index is 0.0642. The quantitative estimate of drug-likeness (QED) is 0.259. The Labute approximate surface area is 251 Å². The maximum atomic E-state index is 13.6. The predicted octanol–water partition coefficient (Wildman–Crippen LogP) is 4.99. The molecule has 3 heterocycles. The zero-order valence-corrected chi connectivity index (χ0v) is 24.8. The Balaban J connectivity index is 1.09. The van der Waals surface area contributed by atoms with Gasteiger partial charge in [-0.2, -0.15) is 9.29 Å². The molecule has 6 rings (SSSR count). The van der Waals surface area contributed by atoms with E-state index >= 15 is 0 Å². The van der Waals surface area contributed by atoms with Gasteiger partial charge in [-0.3, -0.25) is 4.90 Å². The summed E-state index contributed by atoms with van der Waals surface area (Å²) < 4.78 is 42.2. The predicted molar refractivity (Wildman–Crippen MR) is 165 cm³/mol. The first-order chi connectivity index (χ1) is 20.7. The van der Waals surface area contributed by atoms with Crippen molar-refractivity contribution < 1.29 is 17.9 Å². The van der Waals surface area contributed by atoms with Gasteiger partial charge in [-0.25, -0.2) is 17.8 Å². The van der Waals surface area contributed by atoms with Crippen molar-refractivity contribution >= 4 is 33.2 Å². The number of fused-ring (bicyclic) bond motifs is 1. The maximum Gasteiger partial charge on any atom is 0.243 e. The molecule has 0 aliphatic carbocycles. The lowest BCUT2D eigenvalue weighted by Crippen LogP contribution is -2.56. The summed E-state index contributed by atoms with van der Waals surface area (Å²) in [7, 11) is -3.80. The minimum Gasteiger partial charge on any atom is -0.387 e. The Hall–Kier alpha value is -3.90. The van der Waals surface area contributed by atoms with Crippen LogP contribution in [-0.4, -0.2) is 64.5 Å². The van der Waals surface area contributed by atoms with Crippen molar-refractivity contribution in [1.82, 2.24) is 19.2 Å². The zero-order valence-electron chi connectivity index (χ0n) is 24.0. The van der Waals surface area contributed by atoms with E-state index in [1.54, 1.807) is 55.6 Å². The topological polar surface area (TPSA) is 111 Å². The van der Waals surface area contributed by atoms with Crippen LogP contribution < -0.4 is 10.6 Å². The fraction of sp³-hybridized carbons (Fsp3) is 0.312. The molecule has 1 fully saturated rings. The number of piperidine rings is 1. The van der Waals surface area contributed by atoms with E-state index in [-0.39, 0.29) is 17.3 Å². The molecule has 224 valence electrons. The molecular formula is C32H35FN6O3S. The highest BCUT2D eigenvalue weighted by atomic mass is 32.2. The molecular weight excluding hydrogens is 567 g/mol. The van der Waals surface area contributed by atoms with E-state index in [4.69, 9.17) is 0 Å². The van der Waals surface area contributed by atoms with E-state index < -0.39 is 15.6 Å². The minimum atomic E-state index is -3.80. The molecule has 9 nitrogen and oxygen atoms in total. The number of aryl methyl sites for hydroxylation is 1. The van der Waals surface area contributed by atoms with Crippen LogP contribution in [0.2, 0.25) is 0 Å². The van der Waals surface area contributed by atoms with Crippen molar-refractivity contribution in [2.24, 2.45) is 0 Å². The third kappa shape index (κ3) is 6.70. The molecule has 3 aromatic carbocycles. The Kier molecular flexibility index (Phi) is 8.15. The fourth-order valence-electron chi connectivity index (χ4n) is 5.86. The van der Waals surface area contributed by atoms with Crippen LogP contribution in [0.1, 0.15) is 29.5 Å². The second-order valence-corrected chi connectivity index (χ2v) is 13.3. The molecule has 2 aliphatic rings. The van der Waals surface area contributed by atoms with Crippen LogP contribution in [0, 0.1) is 12.7 Å². The van der Waals surface area contributed by atoms with Crippen molar-refractivity contribution in [3.8, 4) is 0 Å². The van der Waals surface area contributed by atoms with E-state index in [1.807, 2.05) is 6.07 Å². The Morgan fingerprint density at radius 2 is 1.74 bits per heavy atom. The average Bonchev–Trinajstić information content (AvgIpc) is 2.99. The van der Waals surface area contributed by atoms with Crippen LogP contribution >= 0.6 is 0 Å². The molecule has 11 heteroatoms. The summed E-state index contributed by atoms with van der Waals surface area (Å²) in [6.07, 6.45) is 3.68. The van der Waals surface area contributed by atoms with Crippen LogP contribution in [0.15, 0.2) is 83.9 Å². The molecule has 2 aliphatic heterocycles. The normalized spacial score (nSPS) is 19.5. The van der Waals surface area contributed by atoms with Crippen LogP contribution in [0.3, 0.4) is 0 Å². The molecule has 0 amide bonds. The number of nitrogens with zero attached hydrogens (tertiary/aromatic N) is 4. The Bertz CT molecular complexity index is 1720. The number of aromatic nitrogens is 2. The van der Waals surface area contributed by atoms with Gasteiger partial charge in [-0.05, 0) is 91.4 Å². The van der Waals surface area contributed by atoms with Crippen molar-refractivity contribution in [1.29, 1.82) is 0 Å². The molecule has 3 N–H and O–H groups in total. The number of benzene rings is 3. The lowest BCUT2D eigenvalue weighted by molar-refractivity contribution is -0.0375. The van der Waals surface area contributed by atoms with E-state index in [1.165, 1.54) is 21.5 Å². The van der Waals surface area contributed by atoms with Crippen LogP contribution in [-0.2, 0) is 23.0 Å². The third-order valence-electron chi connectivity index (χ3n) is 8.08. The molecule has 0 saturated carbocycles. The smallest absolute Gasteiger partial charge is 0.243 e. The van der Waals surface area contributed by atoms with Gasteiger partial charge in [0, 0.05) is 50.3 Å². The standard InChI is InChI=1S/C32H35FN6O3S/c1-23-19-27(9-12-29(23)33)35-30-13-16-34-31(37-30)36-26-7-10-28(11-8-26)43(41,42)39-17-4-15-32(40,22-39)21-38-18-14-24-5-2-3-6-25(24)20-38/h2-3,5-13,16,19,40H,4,14-15,17-18,20-22H2,1H3,(H2,34,35,36,37). The summed E-state index contributed by atoms with van der Waals surface area (Å²) in [5, 5.41) is 17.7. The van der Waals surface area contributed by atoms with Crippen molar-refractivity contribution in [2.75, 3.05) is 36.8 Å². The van der Waals surface area contributed by atoms with Crippen molar-refractivity contribution in [3.05, 3.63) is 102 Å². The first kappa shape index (κ1) is 29.2. The summed E-state index contributed by atoms with van der Waals surface area (Å²) in [5.41, 5.74) is 3.34. The SMILES string of the molecule is Cc1cc(Nc2ccnc(Nc3ccc(S(=O)(=O)N4CCCC(O)(CN5CCc6ccccc6C5)C4)cc3)n2)ccc1F. The number of β-amino-alcohol motifs (C(OH)–C–C–N with tert-alkyl or cyclic N) is 1. The number of rotatable bonds is 8. The van der Waals surface area contributed by atoms with E-state index in [0.29, 0.717) is 54.6 Å². The van der Waals surface area contributed by atoms with E-state index in [9.17, 15) is 17.9 Å². The summed E-state index contributed by atoms with van der Waals surface area (Å²) in [5.74, 6) is 0.566. The van der Waals surface area contributed by atoms with Gasteiger partial charge in [0.05, 0.1) is 10.5 Å². The largest absolute Gasteiger partial charge is 0.387 e. The molecule has 1 atom stereocenters. The first-order valence-electron chi connectivity index (χ1n) is 14.4. The highest BCUT2D eigenvalue weighted by Crippen LogP contribution is 2.30. The maximum absolute atomic E-state index is 13.6. The Morgan fingerprint density at radius 3 is 2.53 bits per heavy atom. The number of sulfonamides is 1. The van der Waals surface area contributed by atoms with Crippen LogP contribution in [0.4, 0.5) is 27.5 Å². The molecule has 4 aromatic rings. The molecule has 0 bridgehead atoms. The number of aliphatic hydroxyl groups is 1. The van der Waals surface area contributed by atoms with Gasteiger partial charge in [0.25, 0.3) is 0 Å². The van der Waals surface area contributed by atoms with Crippen molar-refractivity contribution in [2.45, 2.75) is 43.2 Å². The highest BCUT2D eigenvalue weighted by molar-refractivity contribution is 7.89. The monoisotopic (exact) mass is 602 g/mol. The molecule has 1 aromatic heterocycles. The second-order valence-electron chi connectivity index (χ2n) is 11.4. The van der Waals surface area contributed by atoms with Crippen LogP contribution in [0.25, 0.3) is 0 Å². The Morgan fingerprint density at radius 1 is 0.977 bits per heavy atom. The number of nitrogens with one attached hydrogen (secondary N) is 2. The molecule has 43 heavy (non-hydrogen) atoms. The van der Waals surface area contributed by atoms with Gasteiger partial charge in [0.1, 0.15) is 11.6 Å². The van der Waals surface area contributed by atoms with Gasteiger partial charge in [-0.15, -0.1) is 0 Å². The summed E-state index contributed by atoms with van der Waals surface area (Å²) >= 11 is 0. The van der Waals surface area contributed by atoms with Gasteiger partial charge < -0.3 is 15.7 Å². The molecule has 0 radical (unpaired) electrons. The first-order valence-corrected chi connectivity index (χ1v) is 15.9. The lowest BCUT2D eigenvalue weighted by Gasteiger charge is -2.42. The van der Waals surface area contributed by atoms with Crippen LogP contribution in [0.5, 0.6) is 0 Å². The molecule has 1 saturated heterocycles. The van der Waals surface area contributed by atoms with Crippen molar-refractivity contribution in [3.63, 3.8) is 0 Å². The van der Waals surface area contributed by atoms with Gasteiger partial charge >= 0.3 is 0 Å². The zero-order chi connectivity index (χ0) is 30.0. The summed E-state index contributed by atoms with van der Waals surface area (Å²) in [6.45, 7) is 4.16. The van der Waals surface area contributed by atoms with Gasteiger partial charge in [0.15, 0.2) is 0 Å². The summed E-state index contributed by atoms with van der Waals surface area (Å²) in [6, 6.07) is 21.2.